The van der Waals surface area contributed by atoms with Crippen LogP contribution in [0.4, 0.5) is 0 Å². The smallest absolute Gasteiger partial charge is 0.241 e. The van der Waals surface area contributed by atoms with Crippen LogP contribution in [0, 0.1) is 0 Å². The zero-order valence-electron chi connectivity index (χ0n) is 11.2. The highest BCUT2D eigenvalue weighted by Crippen LogP contribution is 2.08. The van der Waals surface area contributed by atoms with Gasteiger partial charge in [0.2, 0.25) is 5.91 Å². The zero-order valence-corrected chi connectivity index (χ0v) is 12.0. The fraction of sp³-hybridized carbons (Fsp3) is 0.462. The first-order chi connectivity index (χ1) is 9.78. The summed E-state index contributed by atoms with van der Waals surface area (Å²) in [6.45, 7) is 0.943. The molecule has 0 aromatic carbocycles. The lowest BCUT2D eigenvalue weighted by atomic mass is 10.3. The number of thiophene rings is 1. The lowest BCUT2D eigenvalue weighted by Crippen LogP contribution is -2.29. The molecule has 2 heterocycles. The summed E-state index contributed by atoms with van der Waals surface area (Å²) in [5.74, 6) is -0.0693. The van der Waals surface area contributed by atoms with Crippen LogP contribution in [0.5, 0.6) is 0 Å². The molecule has 0 aliphatic heterocycles. The van der Waals surface area contributed by atoms with Gasteiger partial charge in [-0.15, -0.1) is 16.4 Å². The van der Waals surface area contributed by atoms with Crippen LogP contribution >= 0.6 is 11.3 Å². The quantitative estimate of drug-likeness (QED) is 0.748. The molecule has 0 spiro atoms. The normalized spacial score (nSPS) is 10.7. The molecule has 1 amide bonds. The minimum Gasteiger partial charge on any atom is -0.396 e. The number of carbonyl (C=O) groups excluding carboxylic acids is 1. The number of aromatic nitrogens is 3. The van der Waals surface area contributed by atoms with Crippen LogP contribution in [-0.4, -0.2) is 39.2 Å². The number of amides is 1. The Morgan fingerprint density at radius 1 is 1.45 bits per heavy atom. The van der Waals surface area contributed by atoms with E-state index in [1.54, 1.807) is 17.5 Å². The Bertz CT molecular complexity index is 524. The molecule has 2 N–H and O–H groups in total. The number of aliphatic hydroxyl groups excluding tert-OH is 1. The molecule has 0 unspecified atom stereocenters. The van der Waals surface area contributed by atoms with Crippen molar-refractivity contribution >= 4 is 17.2 Å². The first-order valence-corrected chi connectivity index (χ1v) is 7.45. The van der Waals surface area contributed by atoms with Gasteiger partial charge in [-0.2, -0.15) is 0 Å². The van der Waals surface area contributed by atoms with Crippen molar-refractivity contribution in [1.29, 1.82) is 0 Å². The van der Waals surface area contributed by atoms with Crippen LogP contribution in [0.2, 0.25) is 0 Å². The van der Waals surface area contributed by atoms with Crippen molar-refractivity contribution in [3.63, 3.8) is 0 Å². The lowest BCUT2D eigenvalue weighted by Gasteiger charge is -2.03. The van der Waals surface area contributed by atoms with E-state index >= 15 is 0 Å². The number of aliphatic hydroxyl groups is 1. The van der Waals surface area contributed by atoms with Gasteiger partial charge >= 0.3 is 0 Å². The summed E-state index contributed by atoms with van der Waals surface area (Å²) in [4.78, 5) is 13.0. The van der Waals surface area contributed by atoms with E-state index in [1.807, 2.05) is 11.4 Å². The van der Waals surface area contributed by atoms with Gasteiger partial charge in [-0.3, -0.25) is 4.79 Å². The number of hydrogen-bond acceptors (Lipinski definition) is 5. The van der Waals surface area contributed by atoms with E-state index in [2.05, 4.69) is 21.7 Å². The summed E-state index contributed by atoms with van der Waals surface area (Å²) in [6, 6.07) is 4.06. The third-order valence-corrected chi connectivity index (χ3v) is 3.69. The molecule has 2 rings (SSSR count). The Hall–Kier alpha value is -1.73. The molecule has 7 heteroatoms. The molecule has 2 aromatic rings. The fourth-order valence-electron chi connectivity index (χ4n) is 1.77. The SMILES string of the molecule is O=C(Cn1cc(CCCO)nn1)NCCc1cccs1. The second-order valence-electron chi connectivity index (χ2n) is 4.41. The van der Waals surface area contributed by atoms with E-state index in [0.29, 0.717) is 19.4 Å². The third kappa shape index (κ3) is 4.75. The standard InChI is InChI=1S/C13H18N4O2S/c18-7-1-3-11-9-17(16-15-11)10-13(19)14-6-5-12-4-2-8-20-12/h2,4,8-9,18H,1,3,5-7,10H2,(H,14,19). The third-order valence-electron chi connectivity index (χ3n) is 2.76. The van der Waals surface area contributed by atoms with E-state index in [4.69, 9.17) is 5.11 Å². The zero-order chi connectivity index (χ0) is 14.2. The molecule has 6 nitrogen and oxygen atoms in total. The van der Waals surface area contributed by atoms with Crippen LogP contribution in [0.15, 0.2) is 23.7 Å². The molecule has 0 radical (unpaired) electrons. The highest BCUT2D eigenvalue weighted by Gasteiger charge is 2.05. The van der Waals surface area contributed by atoms with Crippen molar-refractivity contribution in [1.82, 2.24) is 20.3 Å². The molecule has 0 saturated carbocycles. The molecule has 2 aromatic heterocycles. The van der Waals surface area contributed by atoms with Gasteiger partial charge in [-0.05, 0) is 30.7 Å². The maximum Gasteiger partial charge on any atom is 0.241 e. The van der Waals surface area contributed by atoms with E-state index in [1.165, 1.54) is 9.56 Å². The van der Waals surface area contributed by atoms with E-state index in [9.17, 15) is 4.79 Å². The molecular weight excluding hydrogens is 276 g/mol. The van der Waals surface area contributed by atoms with Crippen molar-refractivity contribution in [2.75, 3.05) is 13.2 Å². The minimum atomic E-state index is -0.0693. The summed E-state index contributed by atoms with van der Waals surface area (Å²) in [6.07, 6.45) is 3.93. The van der Waals surface area contributed by atoms with Gasteiger partial charge in [0.1, 0.15) is 6.54 Å². The van der Waals surface area contributed by atoms with Crippen molar-refractivity contribution in [2.24, 2.45) is 0 Å². The van der Waals surface area contributed by atoms with Crippen molar-refractivity contribution < 1.29 is 9.90 Å². The van der Waals surface area contributed by atoms with Crippen LogP contribution in [0.3, 0.4) is 0 Å². The van der Waals surface area contributed by atoms with E-state index < -0.39 is 0 Å². The number of aryl methyl sites for hydroxylation is 1. The summed E-state index contributed by atoms with van der Waals surface area (Å²) in [5.41, 5.74) is 0.797. The number of rotatable bonds is 8. The van der Waals surface area contributed by atoms with Gasteiger partial charge in [0.05, 0.1) is 5.69 Å². The maximum absolute atomic E-state index is 11.7. The predicted octanol–water partition coefficient (Wildman–Crippen LogP) is 0.623. The number of carbonyl (C=O) groups is 1. The summed E-state index contributed by atoms with van der Waals surface area (Å²) < 4.78 is 1.52. The Morgan fingerprint density at radius 3 is 3.10 bits per heavy atom. The van der Waals surface area contributed by atoms with Gasteiger partial charge in [0.15, 0.2) is 0 Å². The molecule has 0 saturated heterocycles. The fourth-order valence-corrected chi connectivity index (χ4v) is 2.48. The van der Waals surface area contributed by atoms with Gasteiger partial charge in [0, 0.05) is 24.2 Å². The second-order valence-corrected chi connectivity index (χ2v) is 5.45. The van der Waals surface area contributed by atoms with Gasteiger partial charge in [-0.1, -0.05) is 11.3 Å². The molecule has 0 fully saturated rings. The summed E-state index contributed by atoms with van der Waals surface area (Å²) in [7, 11) is 0. The van der Waals surface area contributed by atoms with Gasteiger partial charge < -0.3 is 10.4 Å². The highest BCUT2D eigenvalue weighted by molar-refractivity contribution is 7.09. The minimum absolute atomic E-state index is 0.0693. The average Bonchev–Trinajstić information content (AvgIpc) is 3.08. The molecule has 20 heavy (non-hydrogen) atoms. The Balaban J connectivity index is 1.69. The summed E-state index contributed by atoms with van der Waals surface area (Å²) in [5, 5.41) is 21.5. The number of nitrogens with zero attached hydrogens (tertiary/aromatic N) is 3. The topological polar surface area (TPSA) is 80.0 Å². The Labute approximate surface area is 121 Å². The first-order valence-electron chi connectivity index (χ1n) is 6.57. The van der Waals surface area contributed by atoms with Crippen molar-refractivity contribution in [2.45, 2.75) is 25.8 Å². The van der Waals surface area contributed by atoms with Crippen molar-refractivity contribution in [3.8, 4) is 0 Å². The molecule has 0 atom stereocenters. The first kappa shape index (κ1) is 14.7. The second kappa shape index (κ2) is 7.76. The Morgan fingerprint density at radius 2 is 2.35 bits per heavy atom. The summed E-state index contributed by atoms with van der Waals surface area (Å²) >= 11 is 1.69. The van der Waals surface area contributed by atoms with Crippen LogP contribution in [0.1, 0.15) is 17.0 Å². The maximum atomic E-state index is 11.7. The van der Waals surface area contributed by atoms with Crippen LogP contribution in [-0.2, 0) is 24.2 Å². The predicted molar refractivity (Wildman–Crippen MR) is 76.5 cm³/mol. The van der Waals surface area contributed by atoms with Crippen molar-refractivity contribution in [3.05, 3.63) is 34.3 Å². The molecule has 0 aliphatic carbocycles. The number of nitrogens with one attached hydrogen (secondary N) is 1. The molecular formula is C13H18N4O2S. The highest BCUT2D eigenvalue weighted by atomic mass is 32.1. The van der Waals surface area contributed by atoms with E-state index in [0.717, 1.165) is 12.1 Å². The van der Waals surface area contributed by atoms with Crippen LogP contribution < -0.4 is 5.32 Å². The molecule has 0 aliphatic rings. The van der Waals surface area contributed by atoms with Gasteiger partial charge in [0.25, 0.3) is 0 Å². The molecule has 0 bridgehead atoms. The number of hydrogen-bond donors (Lipinski definition) is 2. The monoisotopic (exact) mass is 294 g/mol. The average molecular weight is 294 g/mol. The Kier molecular flexibility index (Phi) is 5.69. The van der Waals surface area contributed by atoms with Crippen LogP contribution in [0.25, 0.3) is 0 Å². The lowest BCUT2D eigenvalue weighted by molar-refractivity contribution is -0.121. The van der Waals surface area contributed by atoms with E-state index in [-0.39, 0.29) is 19.1 Å². The molecule has 108 valence electrons. The largest absolute Gasteiger partial charge is 0.396 e. The van der Waals surface area contributed by atoms with Gasteiger partial charge in [-0.25, -0.2) is 4.68 Å².